The van der Waals surface area contributed by atoms with Crippen LogP contribution in [0.1, 0.15) is 64.0 Å². The molecule has 1 N–H and O–H groups in total. The molecule has 7 nitrogen and oxygen atoms in total. The lowest BCUT2D eigenvalue weighted by atomic mass is 9.83. The Labute approximate surface area is 256 Å². The number of carbonyl (C=O) groups excluding carboxylic acids is 1. The van der Waals surface area contributed by atoms with E-state index >= 15 is 0 Å². The van der Waals surface area contributed by atoms with E-state index < -0.39 is 5.97 Å². The third-order valence-corrected chi connectivity index (χ3v) is 11.7. The number of rotatable bonds is 6. The van der Waals surface area contributed by atoms with Crippen molar-refractivity contribution in [3.05, 3.63) is 57.5 Å². The summed E-state index contributed by atoms with van der Waals surface area (Å²) in [5, 5.41) is 12.0. The quantitative estimate of drug-likeness (QED) is 0.208. The predicted molar refractivity (Wildman–Crippen MR) is 173 cm³/mol. The third-order valence-electron chi connectivity index (χ3n) is 8.49. The Morgan fingerprint density at radius 3 is 2.57 bits per heavy atom. The van der Waals surface area contributed by atoms with E-state index in [1.807, 2.05) is 18.7 Å². The van der Waals surface area contributed by atoms with Crippen molar-refractivity contribution in [2.24, 2.45) is 0 Å². The number of amides is 1. The summed E-state index contributed by atoms with van der Waals surface area (Å²) in [4.78, 5) is 38.5. The third kappa shape index (κ3) is 4.93. The number of carboxylic acids is 1. The van der Waals surface area contributed by atoms with Gasteiger partial charge in [-0.1, -0.05) is 31.4 Å². The second-order valence-corrected chi connectivity index (χ2v) is 14.6. The Kier molecular flexibility index (Phi) is 7.32. The standard InChI is InChI=1S/C32H32N4O3S3/c1-18-30(41-19(2)33-18)24-11-8-21-14-22(9-10-23(21)34-24)29-28(20-6-4-3-5-7-20)31-25(15-26(42-31)32(38)39)36(29)16-27(37)35-12-13-40-17-35/h8-11,14-15,20H,3-7,12-13,16-17H2,1-2H3,(H,38,39). The number of aromatic carboxylic acids is 1. The fraction of sp³-hybridized carbons (Fsp3) is 0.375. The molecule has 0 spiro atoms. The molecule has 42 heavy (non-hydrogen) atoms. The zero-order chi connectivity index (χ0) is 29.0. The molecule has 4 aromatic heterocycles. The highest BCUT2D eigenvalue weighted by Crippen LogP contribution is 2.47. The number of pyridine rings is 1. The number of thioether (sulfide) groups is 1. The van der Waals surface area contributed by atoms with E-state index in [9.17, 15) is 14.7 Å². The van der Waals surface area contributed by atoms with Crippen LogP contribution in [-0.4, -0.2) is 54.6 Å². The van der Waals surface area contributed by atoms with Crippen molar-refractivity contribution in [1.82, 2.24) is 19.4 Å². The fourth-order valence-corrected chi connectivity index (χ4v) is 9.50. The van der Waals surface area contributed by atoms with Crippen LogP contribution in [0.4, 0.5) is 0 Å². The molecule has 0 radical (unpaired) electrons. The average Bonchev–Trinajstić information content (AvgIpc) is 3.78. The number of carbonyl (C=O) groups is 2. The smallest absolute Gasteiger partial charge is 0.345 e. The van der Waals surface area contributed by atoms with E-state index in [1.54, 1.807) is 29.2 Å². The SMILES string of the molecule is Cc1nc(C)c(-c2ccc3cc(-c4c(C5CCCCC5)c5sc(C(=O)O)cc5n4CC(=O)N4CCSC4)ccc3n2)s1. The monoisotopic (exact) mass is 616 g/mol. The van der Waals surface area contributed by atoms with Gasteiger partial charge < -0.3 is 14.6 Å². The molecule has 1 aliphatic heterocycles. The molecular weight excluding hydrogens is 585 g/mol. The van der Waals surface area contributed by atoms with Crippen LogP contribution >= 0.6 is 34.4 Å². The predicted octanol–water partition coefficient (Wildman–Crippen LogP) is 7.94. The molecule has 5 heterocycles. The highest BCUT2D eigenvalue weighted by molar-refractivity contribution is 7.99. The van der Waals surface area contributed by atoms with Gasteiger partial charge >= 0.3 is 5.97 Å². The average molecular weight is 617 g/mol. The van der Waals surface area contributed by atoms with E-state index in [0.717, 1.165) is 78.8 Å². The molecule has 7 rings (SSSR count). The topological polar surface area (TPSA) is 88.3 Å². The molecule has 5 aromatic rings. The second kappa shape index (κ2) is 11.1. The van der Waals surface area contributed by atoms with Crippen molar-refractivity contribution in [3.8, 4) is 21.8 Å². The molecule has 1 aromatic carbocycles. The summed E-state index contributed by atoms with van der Waals surface area (Å²) in [5.41, 5.74) is 7.02. The van der Waals surface area contributed by atoms with Crippen molar-refractivity contribution in [1.29, 1.82) is 0 Å². The first kappa shape index (κ1) is 27.6. The Morgan fingerprint density at radius 2 is 1.86 bits per heavy atom. The molecule has 1 saturated heterocycles. The molecule has 1 amide bonds. The maximum atomic E-state index is 13.5. The second-order valence-electron chi connectivity index (χ2n) is 11.3. The van der Waals surface area contributed by atoms with Crippen molar-refractivity contribution in [3.63, 3.8) is 0 Å². The Bertz CT molecular complexity index is 1840. The minimum absolute atomic E-state index is 0.0822. The van der Waals surface area contributed by atoms with Crippen LogP contribution in [0.3, 0.4) is 0 Å². The zero-order valence-corrected chi connectivity index (χ0v) is 26.1. The van der Waals surface area contributed by atoms with E-state index in [1.165, 1.54) is 36.2 Å². The lowest BCUT2D eigenvalue weighted by Crippen LogP contribution is -2.31. The van der Waals surface area contributed by atoms with Crippen molar-refractivity contribution in [2.75, 3.05) is 18.2 Å². The molecule has 0 unspecified atom stereocenters. The van der Waals surface area contributed by atoms with E-state index in [-0.39, 0.29) is 12.5 Å². The summed E-state index contributed by atoms with van der Waals surface area (Å²) in [5.74, 6) is 1.17. The van der Waals surface area contributed by atoms with Crippen LogP contribution in [0.25, 0.3) is 42.9 Å². The van der Waals surface area contributed by atoms with E-state index in [0.29, 0.717) is 16.7 Å². The Hall–Kier alpha value is -3.21. The highest BCUT2D eigenvalue weighted by atomic mass is 32.2. The number of hydrogen-bond acceptors (Lipinski definition) is 7. The number of fused-ring (bicyclic) bond motifs is 2. The molecular formula is C32H32N4O3S3. The summed E-state index contributed by atoms with van der Waals surface area (Å²) < 4.78 is 3.13. The number of aromatic nitrogens is 3. The number of thiazole rings is 1. The molecule has 1 saturated carbocycles. The van der Waals surface area contributed by atoms with Gasteiger partial charge in [0.05, 0.1) is 48.6 Å². The van der Waals surface area contributed by atoms with Crippen LogP contribution in [0.5, 0.6) is 0 Å². The number of hydrogen-bond donors (Lipinski definition) is 1. The summed E-state index contributed by atoms with van der Waals surface area (Å²) in [6.07, 6.45) is 5.72. The van der Waals surface area contributed by atoms with Crippen molar-refractivity contribution >= 4 is 67.4 Å². The van der Waals surface area contributed by atoms with Gasteiger partial charge in [-0.05, 0) is 68.0 Å². The maximum absolute atomic E-state index is 13.5. The Balaban J connectivity index is 1.40. The number of nitrogens with zero attached hydrogens (tertiary/aromatic N) is 4. The molecule has 1 aliphatic carbocycles. The van der Waals surface area contributed by atoms with Gasteiger partial charge in [0.15, 0.2) is 0 Å². The normalized spacial score (nSPS) is 16.2. The van der Waals surface area contributed by atoms with Crippen LogP contribution in [0.2, 0.25) is 0 Å². The van der Waals surface area contributed by atoms with Crippen LogP contribution in [-0.2, 0) is 11.3 Å². The van der Waals surface area contributed by atoms with E-state index in [4.69, 9.17) is 4.98 Å². The van der Waals surface area contributed by atoms with E-state index in [2.05, 4.69) is 39.9 Å². The van der Waals surface area contributed by atoms with Crippen molar-refractivity contribution < 1.29 is 14.7 Å². The van der Waals surface area contributed by atoms with Gasteiger partial charge in [0, 0.05) is 17.7 Å². The number of carboxylic acid groups (broad SMARTS) is 1. The zero-order valence-electron chi connectivity index (χ0n) is 23.7. The van der Waals surface area contributed by atoms with Crippen LogP contribution in [0, 0.1) is 13.8 Å². The summed E-state index contributed by atoms with van der Waals surface area (Å²) >= 11 is 4.79. The van der Waals surface area contributed by atoms with Gasteiger partial charge in [0.25, 0.3) is 0 Å². The van der Waals surface area contributed by atoms with Gasteiger partial charge in [-0.25, -0.2) is 14.8 Å². The number of aryl methyl sites for hydroxylation is 2. The molecule has 216 valence electrons. The van der Waals surface area contributed by atoms with Gasteiger partial charge in [0.2, 0.25) is 5.91 Å². The molecule has 2 fully saturated rings. The van der Waals surface area contributed by atoms with Gasteiger partial charge in [-0.2, -0.15) is 0 Å². The first-order valence-corrected chi connectivity index (χ1v) is 17.3. The summed E-state index contributed by atoms with van der Waals surface area (Å²) in [7, 11) is 0. The van der Waals surface area contributed by atoms with Crippen LogP contribution in [0.15, 0.2) is 36.4 Å². The minimum atomic E-state index is -0.917. The summed E-state index contributed by atoms with van der Waals surface area (Å²) in [6.45, 7) is 5.00. The Morgan fingerprint density at radius 1 is 1.02 bits per heavy atom. The van der Waals surface area contributed by atoms with Gasteiger partial charge in [0.1, 0.15) is 11.4 Å². The molecule has 0 atom stereocenters. The molecule has 2 aliphatic rings. The molecule has 10 heteroatoms. The lowest BCUT2D eigenvalue weighted by Gasteiger charge is -2.24. The fourth-order valence-electron chi connectivity index (χ4n) is 6.51. The first-order chi connectivity index (χ1) is 20.4. The largest absolute Gasteiger partial charge is 0.477 e. The number of thiophene rings is 1. The van der Waals surface area contributed by atoms with Gasteiger partial charge in [-0.3, -0.25) is 4.79 Å². The lowest BCUT2D eigenvalue weighted by molar-refractivity contribution is -0.130. The summed E-state index contributed by atoms with van der Waals surface area (Å²) in [6, 6.07) is 12.4. The first-order valence-electron chi connectivity index (χ1n) is 14.5. The minimum Gasteiger partial charge on any atom is -0.477 e. The highest BCUT2D eigenvalue weighted by Gasteiger charge is 2.31. The van der Waals surface area contributed by atoms with Crippen molar-refractivity contribution in [2.45, 2.75) is 58.4 Å². The van der Waals surface area contributed by atoms with Crippen LogP contribution < -0.4 is 0 Å². The van der Waals surface area contributed by atoms with Gasteiger partial charge in [-0.15, -0.1) is 34.4 Å². The number of benzene rings is 1. The molecule has 0 bridgehead atoms. The maximum Gasteiger partial charge on any atom is 0.345 e.